The second-order valence-corrected chi connectivity index (χ2v) is 7.82. The van der Waals surface area contributed by atoms with E-state index in [0.29, 0.717) is 26.2 Å². The summed E-state index contributed by atoms with van der Waals surface area (Å²) in [6.07, 6.45) is 0.160. The third-order valence-corrected chi connectivity index (χ3v) is 5.41. The Balaban J connectivity index is 1.63. The Morgan fingerprint density at radius 3 is 2.37 bits per heavy atom. The van der Waals surface area contributed by atoms with Crippen LogP contribution in [0.25, 0.3) is 0 Å². The monoisotopic (exact) mass is 373 g/mol. The Hall–Kier alpha value is -2.57. The van der Waals surface area contributed by atoms with Crippen molar-refractivity contribution in [2.24, 2.45) is 5.41 Å². The van der Waals surface area contributed by atoms with E-state index in [0.717, 1.165) is 16.3 Å². The fourth-order valence-corrected chi connectivity index (χ4v) is 3.74. The van der Waals surface area contributed by atoms with Crippen LogP contribution in [0.2, 0.25) is 0 Å². The number of ether oxygens (including phenoxy) is 1. The van der Waals surface area contributed by atoms with Crippen molar-refractivity contribution in [3.05, 3.63) is 24.3 Å². The van der Waals surface area contributed by atoms with Gasteiger partial charge in [0.25, 0.3) is 0 Å². The van der Waals surface area contributed by atoms with Gasteiger partial charge in [-0.2, -0.15) is 0 Å². The number of hydrogen-bond acceptors (Lipinski definition) is 5. The van der Waals surface area contributed by atoms with E-state index >= 15 is 0 Å². The summed E-state index contributed by atoms with van der Waals surface area (Å²) in [4.78, 5) is 42.7. The number of benzene rings is 1. The lowest BCUT2D eigenvalue weighted by Crippen LogP contribution is -2.55. The first kappa shape index (κ1) is 19.2. The van der Waals surface area contributed by atoms with Crippen molar-refractivity contribution in [3.8, 4) is 5.75 Å². The average Bonchev–Trinajstić information content (AvgIpc) is 2.87. The molecule has 2 aliphatic heterocycles. The van der Waals surface area contributed by atoms with E-state index in [1.54, 1.807) is 32.8 Å². The van der Waals surface area contributed by atoms with Crippen molar-refractivity contribution < 1.29 is 19.1 Å². The standard InChI is InChI=1S/C20H27N3O4/c1-14(23-17(24)13-20(2,3)19(23)26)18(25)22-10-8-21(9-11-22)15-6-5-7-16(12-15)27-4/h5-7,12,14H,8-11,13H2,1-4H3. The zero-order valence-electron chi connectivity index (χ0n) is 16.4. The number of amides is 3. The van der Waals surface area contributed by atoms with Crippen LogP contribution >= 0.6 is 0 Å². The van der Waals surface area contributed by atoms with Gasteiger partial charge in [-0.1, -0.05) is 19.9 Å². The van der Waals surface area contributed by atoms with Gasteiger partial charge in [-0.25, -0.2) is 0 Å². The Labute approximate surface area is 159 Å². The number of nitrogens with zero attached hydrogens (tertiary/aromatic N) is 3. The smallest absolute Gasteiger partial charge is 0.245 e. The quantitative estimate of drug-likeness (QED) is 0.749. The molecule has 146 valence electrons. The molecule has 2 heterocycles. The molecule has 2 aliphatic rings. The van der Waals surface area contributed by atoms with Gasteiger partial charge in [0.05, 0.1) is 12.5 Å². The molecule has 0 aromatic heterocycles. The van der Waals surface area contributed by atoms with Gasteiger partial charge in [0.2, 0.25) is 17.7 Å². The van der Waals surface area contributed by atoms with Crippen LogP contribution < -0.4 is 9.64 Å². The molecule has 7 nitrogen and oxygen atoms in total. The van der Waals surface area contributed by atoms with E-state index in [1.165, 1.54) is 0 Å². The van der Waals surface area contributed by atoms with Crippen LogP contribution in [-0.2, 0) is 14.4 Å². The zero-order chi connectivity index (χ0) is 19.8. The summed E-state index contributed by atoms with van der Waals surface area (Å²) in [6.45, 7) is 7.64. The van der Waals surface area contributed by atoms with E-state index in [9.17, 15) is 14.4 Å². The highest BCUT2D eigenvalue weighted by Gasteiger charge is 2.48. The maximum absolute atomic E-state index is 12.9. The van der Waals surface area contributed by atoms with Crippen LogP contribution in [0.3, 0.4) is 0 Å². The normalized spacial score (nSPS) is 20.8. The van der Waals surface area contributed by atoms with Crippen molar-refractivity contribution in [1.82, 2.24) is 9.80 Å². The van der Waals surface area contributed by atoms with Crippen molar-refractivity contribution in [1.29, 1.82) is 0 Å². The third kappa shape index (κ3) is 3.63. The summed E-state index contributed by atoms with van der Waals surface area (Å²) >= 11 is 0. The molecule has 1 aromatic carbocycles. The van der Waals surface area contributed by atoms with Gasteiger partial charge in [0.1, 0.15) is 11.8 Å². The van der Waals surface area contributed by atoms with Crippen molar-refractivity contribution in [2.75, 3.05) is 38.2 Å². The van der Waals surface area contributed by atoms with Gasteiger partial charge in [0.15, 0.2) is 0 Å². The van der Waals surface area contributed by atoms with E-state index in [2.05, 4.69) is 4.90 Å². The minimum Gasteiger partial charge on any atom is -0.497 e. The molecule has 3 rings (SSSR count). The molecule has 1 unspecified atom stereocenters. The molecule has 0 bridgehead atoms. The summed E-state index contributed by atoms with van der Waals surface area (Å²) in [5.41, 5.74) is 0.331. The van der Waals surface area contributed by atoms with Crippen LogP contribution in [0.5, 0.6) is 5.75 Å². The lowest BCUT2D eigenvalue weighted by atomic mass is 9.92. The first-order valence-corrected chi connectivity index (χ1v) is 9.29. The summed E-state index contributed by atoms with van der Waals surface area (Å²) in [6, 6.07) is 7.09. The van der Waals surface area contributed by atoms with Gasteiger partial charge in [-0.3, -0.25) is 19.3 Å². The maximum atomic E-state index is 12.9. The van der Waals surface area contributed by atoms with E-state index in [1.807, 2.05) is 24.3 Å². The number of rotatable bonds is 4. The lowest BCUT2D eigenvalue weighted by molar-refractivity contribution is -0.151. The molecule has 0 N–H and O–H groups in total. The molecular formula is C20H27N3O4. The van der Waals surface area contributed by atoms with Crippen LogP contribution in [-0.4, -0.2) is 66.9 Å². The van der Waals surface area contributed by atoms with Crippen LogP contribution in [0.15, 0.2) is 24.3 Å². The molecule has 0 saturated carbocycles. The maximum Gasteiger partial charge on any atom is 0.245 e. The fraction of sp³-hybridized carbons (Fsp3) is 0.550. The lowest BCUT2D eigenvalue weighted by Gasteiger charge is -2.38. The number of carbonyl (C=O) groups is 3. The molecular weight excluding hydrogens is 346 g/mol. The van der Waals surface area contributed by atoms with E-state index < -0.39 is 11.5 Å². The summed E-state index contributed by atoms with van der Waals surface area (Å²) < 4.78 is 5.27. The predicted molar refractivity (Wildman–Crippen MR) is 102 cm³/mol. The van der Waals surface area contributed by atoms with Gasteiger partial charge in [0, 0.05) is 44.4 Å². The number of piperazine rings is 1. The second kappa shape index (κ2) is 7.21. The molecule has 0 aliphatic carbocycles. The highest BCUT2D eigenvalue weighted by atomic mass is 16.5. The molecule has 2 saturated heterocycles. The Bertz CT molecular complexity index is 753. The molecule has 1 aromatic rings. The van der Waals surface area contributed by atoms with Gasteiger partial charge in [-0.15, -0.1) is 0 Å². The predicted octanol–water partition coefficient (Wildman–Crippen LogP) is 1.52. The Kier molecular flexibility index (Phi) is 5.13. The van der Waals surface area contributed by atoms with Crippen LogP contribution in [0, 0.1) is 5.41 Å². The third-order valence-electron chi connectivity index (χ3n) is 5.41. The van der Waals surface area contributed by atoms with Gasteiger partial charge >= 0.3 is 0 Å². The van der Waals surface area contributed by atoms with E-state index in [4.69, 9.17) is 4.74 Å². The fourth-order valence-electron chi connectivity index (χ4n) is 3.74. The number of carbonyl (C=O) groups excluding carboxylic acids is 3. The minimum absolute atomic E-state index is 0.160. The number of methoxy groups -OCH3 is 1. The molecule has 27 heavy (non-hydrogen) atoms. The molecule has 0 radical (unpaired) electrons. The minimum atomic E-state index is -0.754. The molecule has 3 amide bonds. The van der Waals surface area contributed by atoms with E-state index in [-0.39, 0.29) is 24.1 Å². The zero-order valence-corrected chi connectivity index (χ0v) is 16.4. The number of hydrogen-bond donors (Lipinski definition) is 0. The van der Waals surface area contributed by atoms with Gasteiger partial charge < -0.3 is 14.5 Å². The summed E-state index contributed by atoms with van der Waals surface area (Å²) in [5.74, 6) is 0.109. The molecule has 0 spiro atoms. The van der Waals surface area contributed by atoms with Gasteiger partial charge in [-0.05, 0) is 19.1 Å². The summed E-state index contributed by atoms with van der Waals surface area (Å²) in [7, 11) is 1.64. The molecule has 7 heteroatoms. The van der Waals surface area contributed by atoms with Crippen molar-refractivity contribution in [3.63, 3.8) is 0 Å². The van der Waals surface area contributed by atoms with Crippen LogP contribution in [0.1, 0.15) is 27.2 Å². The SMILES string of the molecule is COc1cccc(N2CCN(C(=O)C(C)N3C(=O)CC(C)(C)C3=O)CC2)c1. The molecule has 2 fully saturated rings. The Morgan fingerprint density at radius 1 is 1.15 bits per heavy atom. The average molecular weight is 373 g/mol. The largest absolute Gasteiger partial charge is 0.497 e. The van der Waals surface area contributed by atoms with Crippen LogP contribution in [0.4, 0.5) is 5.69 Å². The van der Waals surface area contributed by atoms with Crippen molar-refractivity contribution >= 4 is 23.4 Å². The number of likely N-dealkylation sites (tertiary alicyclic amines) is 1. The second-order valence-electron chi connectivity index (χ2n) is 7.82. The van der Waals surface area contributed by atoms with Crippen molar-refractivity contribution in [2.45, 2.75) is 33.2 Å². The number of imide groups is 1. The highest BCUT2D eigenvalue weighted by Crippen LogP contribution is 2.33. The summed E-state index contributed by atoms with van der Waals surface area (Å²) in [5, 5.41) is 0. The first-order chi connectivity index (χ1) is 12.7. The number of anilines is 1. The molecule has 1 atom stereocenters. The Morgan fingerprint density at radius 2 is 1.81 bits per heavy atom. The topological polar surface area (TPSA) is 70.2 Å². The first-order valence-electron chi connectivity index (χ1n) is 9.29. The highest BCUT2D eigenvalue weighted by molar-refractivity contribution is 6.08.